The van der Waals surface area contributed by atoms with Crippen molar-refractivity contribution in [3.8, 4) is 5.88 Å². The van der Waals surface area contributed by atoms with E-state index in [2.05, 4.69) is 4.98 Å². The fraction of sp³-hybridized carbons (Fsp3) is 0.593. The number of pyridine rings is 1. The largest absolute Gasteiger partial charge is 0.481 e. The topological polar surface area (TPSA) is 82.9 Å². The average Bonchev–Trinajstić information content (AvgIpc) is 2.87. The molecule has 4 aliphatic rings. The third-order valence-electron chi connectivity index (χ3n) is 8.55. The molecule has 1 saturated heterocycles. The third-order valence-corrected chi connectivity index (χ3v) is 8.55. The normalized spacial score (nSPS) is 29.7. The average molecular weight is 514 g/mol. The van der Waals surface area contributed by atoms with Crippen molar-refractivity contribution in [3.63, 3.8) is 0 Å². The van der Waals surface area contributed by atoms with Crippen LogP contribution in [0.5, 0.6) is 5.88 Å². The van der Waals surface area contributed by atoms with E-state index < -0.39 is 12.1 Å². The van der Waals surface area contributed by atoms with Gasteiger partial charge in [0.1, 0.15) is 17.4 Å². The van der Waals surface area contributed by atoms with E-state index in [1.165, 1.54) is 0 Å². The molecule has 3 saturated carbocycles. The van der Waals surface area contributed by atoms with Gasteiger partial charge in [0.2, 0.25) is 5.88 Å². The molecule has 1 unspecified atom stereocenters. The first-order chi connectivity index (χ1) is 17.7. The minimum absolute atomic E-state index is 0.0329. The molecule has 0 spiro atoms. The summed E-state index contributed by atoms with van der Waals surface area (Å²) in [7, 11) is 1.57. The number of ether oxygens (including phenoxy) is 2. The fourth-order valence-corrected chi connectivity index (χ4v) is 6.31. The molecule has 4 fully saturated rings. The van der Waals surface area contributed by atoms with Gasteiger partial charge >= 0.3 is 6.18 Å². The maximum atomic E-state index is 13.9. The highest BCUT2D eigenvalue weighted by Gasteiger charge is 2.56. The Bertz CT molecular complexity index is 1330. The molecule has 0 radical (unpaired) electrons. The van der Waals surface area contributed by atoms with Gasteiger partial charge in [-0.2, -0.15) is 13.2 Å². The van der Waals surface area contributed by atoms with Crippen LogP contribution in [0.4, 0.5) is 13.2 Å². The van der Waals surface area contributed by atoms with Crippen LogP contribution in [0.2, 0.25) is 0 Å². The van der Waals surface area contributed by atoms with E-state index in [9.17, 15) is 13.2 Å². The minimum atomic E-state index is -4.20. The van der Waals surface area contributed by atoms with E-state index in [0.717, 1.165) is 17.1 Å². The van der Waals surface area contributed by atoms with Gasteiger partial charge in [0, 0.05) is 24.5 Å². The Balaban J connectivity index is 1.39. The highest BCUT2D eigenvalue weighted by atomic mass is 19.4. The fourth-order valence-electron chi connectivity index (χ4n) is 6.31. The summed E-state index contributed by atoms with van der Waals surface area (Å²) in [5, 5.41) is 0. The summed E-state index contributed by atoms with van der Waals surface area (Å²) in [5.41, 5.74) is 3.92. The number of hydrogen-bond donors (Lipinski definition) is 0. The van der Waals surface area contributed by atoms with Crippen LogP contribution < -0.4 is 4.74 Å². The molecule has 3 aliphatic carbocycles. The lowest BCUT2D eigenvalue weighted by Gasteiger charge is -2.51. The maximum Gasteiger partial charge on any atom is 0.392 e. The van der Waals surface area contributed by atoms with Crippen molar-refractivity contribution in [3.05, 3.63) is 46.8 Å². The Morgan fingerprint density at radius 2 is 1.70 bits per heavy atom. The number of halogens is 3. The van der Waals surface area contributed by atoms with Crippen LogP contribution >= 0.6 is 0 Å². The molecular weight excluding hydrogens is 483 g/mol. The Hall–Kier alpha value is -2.88. The van der Waals surface area contributed by atoms with Crippen molar-refractivity contribution >= 4 is 11.2 Å². The van der Waals surface area contributed by atoms with Gasteiger partial charge in [-0.05, 0) is 63.9 Å². The number of methoxy groups -OCH3 is 1. The zero-order valence-corrected chi connectivity index (χ0v) is 21.1. The summed E-state index contributed by atoms with van der Waals surface area (Å²) in [5.74, 6) is -0.563. The molecular formula is C27H30F3N5O2. The van der Waals surface area contributed by atoms with Crippen LogP contribution in [0.1, 0.15) is 78.6 Å². The summed E-state index contributed by atoms with van der Waals surface area (Å²) in [4.78, 5) is 23.8. The van der Waals surface area contributed by atoms with E-state index in [1.807, 2.05) is 26.0 Å². The number of fused-ring (bicyclic) bond motifs is 3. The summed E-state index contributed by atoms with van der Waals surface area (Å²) in [6.45, 7) is 4.24. The third kappa shape index (κ3) is 4.43. The van der Waals surface area contributed by atoms with Crippen LogP contribution in [0, 0.1) is 31.6 Å². The molecule has 2 bridgehead atoms. The van der Waals surface area contributed by atoms with E-state index in [4.69, 9.17) is 29.4 Å². The number of rotatable bonds is 4. The van der Waals surface area contributed by atoms with E-state index in [-0.39, 0.29) is 36.2 Å². The molecule has 7 rings (SSSR count). The lowest BCUT2D eigenvalue weighted by Crippen LogP contribution is -2.47. The SMILES string of the molecule is COc1cccc([C@H]2C[C@@H](c3nc(C4C[C@H](C(F)(F)F)C5CC4C5)c4nc(C)c(C)nc4n3)CCO2)n1. The zero-order valence-electron chi connectivity index (χ0n) is 21.1. The van der Waals surface area contributed by atoms with E-state index in [0.29, 0.717) is 60.9 Å². The molecule has 0 aromatic carbocycles. The van der Waals surface area contributed by atoms with Crippen molar-refractivity contribution < 1.29 is 22.6 Å². The Morgan fingerprint density at radius 1 is 0.919 bits per heavy atom. The molecule has 37 heavy (non-hydrogen) atoms. The molecule has 4 heterocycles. The van der Waals surface area contributed by atoms with Crippen molar-refractivity contribution in [1.82, 2.24) is 24.9 Å². The molecule has 0 N–H and O–H groups in total. The summed E-state index contributed by atoms with van der Waals surface area (Å²) < 4.78 is 52.9. The van der Waals surface area contributed by atoms with Crippen molar-refractivity contribution in [2.24, 2.45) is 17.8 Å². The number of hydrogen-bond acceptors (Lipinski definition) is 7. The first-order valence-electron chi connectivity index (χ1n) is 12.9. The molecule has 4 atom stereocenters. The first kappa shape index (κ1) is 24.5. The molecule has 196 valence electrons. The molecule has 0 amide bonds. The monoisotopic (exact) mass is 513 g/mol. The van der Waals surface area contributed by atoms with Crippen molar-refractivity contribution in [1.29, 1.82) is 0 Å². The lowest BCUT2D eigenvalue weighted by molar-refractivity contribution is -0.219. The van der Waals surface area contributed by atoms with Gasteiger partial charge in [-0.25, -0.2) is 24.9 Å². The zero-order chi connectivity index (χ0) is 25.9. The highest BCUT2D eigenvalue weighted by Crippen LogP contribution is 2.59. The lowest BCUT2D eigenvalue weighted by atomic mass is 9.54. The van der Waals surface area contributed by atoms with Gasteiger partial charge in [0.15, 0.2) is 5.65 Å². The predicted molar refractivity (Wildman–Crippen MR) is 129 cm³/mol. The number of aryl methyl sites for hydroxylation is 2. The molecule has 3 aromatic rings. The standard InChI is InChI=1S/C27H30F3N5O2/c1-13-14(2)32-26-24(31-13)23(18-12-19(27(28,29)30)17-9-16(18)10-17)34-25(35-26)15-7-8-37-21(11-15)20-5-4-6-22(33-20)36-3/h4-6,15-19,21H,7-12H2,1-3H3/t15-,16?,17?,18?,19-,21+/m0/s1. The highest BCUT2D eigenvalue weighted by molar-refractivity contribution is 5.73. The van der Waals surface area contributed by atoms with Gasteiger partial charge in [0.05, 0.1) is 35.8 Å². The van der Waals surface area contributed by atoms with Crippen LogP contribution in [0.3, 0.4) is 0 Å². The van der Waals surface area contributed by atoms with Crippen LogP contribution in [-0.4, -0.2) is 44.8 Å². The van der Waals surface area contributed by atoms with Gasteiger partial charge in [0.25, 0.3) is 0 Å². The van der Waals surface area contributed by atoms with Gasteiger partial charge in [-0.3, -0.25) is 0 Å². The van der Waals surface area contributed by atoms with Crippen molar-refractivity contribution in [2.75, 3.05) is 13.7 Å². The summed E-state index contributed by atoms with van der Waals surface area (Å²) >= 11 is 0. The quantitative estimate of drug-likeness (QED) is 0.438. The van der Waals surface area contributed by atoms with Crippen LogP contribution in [0.25, 0.3) is 11.2 Å². The molecule has 3 aromatic heterocycles. The number of alkyl halides is 3. The maximum absolute atomic E-state index is 13.9. The second-order valence-electron chi connectivity index (χ2n) is 10.7. The molecule has 1 aliphatic heterocycles. The smallest absolute Gasteiger partial charge is 0.392 e. The second-order valence-corrected chi connectivity index (χ2v) is 10.7. The van der Waals surface area contributed by atoms with Crippen LogP contribution in [-0.2, 0) is 4.74 Å². The minimum Gasteiger partial charge on any atom is -0.481 e. The molecule has 7 nitrogen and oxygen atoms in total. The van der Waals surface area contributed by atoms with Gasteiger partial charge in [-0.15, -0.1) is 0 Å². The van der Waals surface area contributed by atoms with Gasteiger partial charge in [-0.1, -0.05) is 6.07 Å². The number of aromatic nitrogens is 5. The predicted octanol–water partition coefficient (Wildman–Crippen LogP) is 5.77. The second kappa shape index (κ2) is 9.15. The summed E-state index contributed by atoms with van der Waals surface area (Å²) in [6, 6.07) is 5.58. The Labute approximate surface area is 213 Å². The first-order valence-corrected chi connectivity index (χ1v) is 12.9. The Morgan fingerprint density at radius 3 is 2.46 bits per heavy atom. The van der Waals surface area contributed by atoms with Crippen molar-refractivity contribution in [2.45, 2.75) is 70.1 Å². The summed E-state index contributed by atoms with van der Waals surface area (Å²) in [6.07, 6.45) is -1.88. The molecule has 10 heteroatoms. The Kier molecular flexibility index (Phi) is 6.05. The number of nitrogens with zero attached hydrogens (tertiary/aromatic N) is 5. The van der Waals surface area contributed by atoms with Gasteiger partial charge < -0.3 is 9.47 Å². The van der Waals surface area contributed by atoms with Crippen LogP contribution in [0.15, 0.2) is 18.2 Å². The van der Waals surface area contributed by atoms with E-state index in [1.54, 1.807) is 13.2 Å². The van der Waals surface area contributed by atoms with E-state index >= 15 is 0 Å².